The third kappa shape index (κ3) is 4.22. The molecule has 1 aromatic heterocycles. The Morgan fingerprint density at radius 2 is 2.00 bits per heavy atom. The lowest BCUT2D eigenvalue weighted by molar-refractivity contribution is 0.0944. The number of unbranched alkanes of at least 4 members (excludes halogenated alkanes) is 1. The Bertz CT molecular complexity index is 615. The number of nitrogens with one attached hydrogen (secondary N) is 1. The number of carbonyl (C=O) groups is 1. The topological polar surface area (TPSA) is 71.5 Å². The molecule has 2 rings (SSSR count). The van der Waals surface area contributed by atoms with E-state index in [1.165, 1.54) is 24.9 Å². The molecule has 0 aliphatic carbocycles. The summed E-state index contributed by atoms with van der Waals surface area (Å²) in [6, 6.07) is 11.7. The van der Waals surface area contributed by atoms with Crippen molar-refractivity contribution in [2.24, 2.45) is 0 Å². The monoisotopic (exact) mass is 300 g/mol. The first kappa shape index (κ1) is 15.8. The van der Waals surface area contributed by atoms with E-state index in [0.29, 0.717) is 6.54 Å². The zero-order valence-electron chi connectivity index (χ0n) is 12.6. The lowest BCUT2D eigenvalue weighted by atomic mass is 10.1. The molecule has 1 aromatic carbocycles. The summed E-state index contributed by atoms with van der Waals surface area (Å²) in [6.07, 6.45) is 4.27. The van der Waals surface area contributed by atoms with Crippen LogP contribution in [0.4, 0.5) is 0 Å². The molecule has 22 heavy (non-hydrogen) atoms. The quantitative estimate of drug-likeness (QED) is 0.771. The minimum absolute atomic E-state index is 0.0117. The highest BCUT2D eigenvalue weighted by molar-refractivity contribution is 5.95. The van der Waals surface area contributed by atoms with Gasteiger partial charge in [-0.05, 0) is 24.8 Å². The first-order chi connectivity index (χ1) is 10.7. The van der Waals surface area contributed by atoms with Gasteiger partial charge in [-0.15, -0.1) is 0 Å². The lowest BCUT2D eigenvalue weighted by Crippen LogP contribution is -2.25. The molecule has 0 spiro atoms. The average Bonchev–Trinajstić information content (AvgIpc) is 2.55. The van der Waals surface area contributed by atoms with Crippen molar-refractivity contribution in [3.8, 4) is 11.5 Å². The van der Waals surface area contributed by atoms with Gasteiger partial charge in [-0.3, -0.25) is 4.79 Å². The second-order valence-corrected chi connectivity index (χ2v) is 4.91. The number of methoxy groups -OCH3 is 1. The number of pyridine rings is 1. The highest BCUT2D eigenvalue weighted by atomic mass is 16.5. The van der Waals surface area contributed by atoms with Crippen molar-refractivity contribution in [1.29, 1.82) is 0 Å². The van der Waals surface area contributed by atoms with Gasteiger partial charge in [-0.2, -0.15) is 0 Å². The van der Waals surface area contributed by atoms with E-state index >= 15 is 0 Å². The van der Waals surface area contributed by atoms with Crippen molar-refractivity contribution in [3.63, 3.8) is 0 Å². The Hall–Kier alpha value is -2.56. The van der Waals surface area contributed by atoms with Crippen LogP contribution in [0.25, 0.3) is 0 Å². The van der Waals surface area contributed by atoms with E-state index in [1.54, 1.807) is 0 Å². The molecule has 0 aliphatic heterocycles. The van der Waals surface area contributed by atoms with Gasteiger partial charge in [0.15, 0.2) is 17.2 Å². The van der Waals surface area contributed by atoms with Crippen LogP contribution in [-0.4, -0.2) is 29.7 Å². The normalized spacial score (nSPS) is 10.2. The molecular formula is C17H20N2O3. The van der Waals surface area contributed by atoms with Gasteiger partial charge in [0.25, 0.3) is 5.91 Å². The Balaban J connectivity index is 1.76. The second-order valence-electron chi connectivity index (χ2n) is 4.91. The van der Waals surface area contributed by atoms with Crippen molar-refractivity contribution in [2.75, 3.05) is 13.7 Å². The fraction of sp³-hybridized carbons (Fsp3) is 0.294. The second kappa shape index (κ2) is 8.02. The van der Waals surface area contributed by atoms with Crippen molar-refractivity contribution >= 4 is 5.91 Å². The van der Waals surface area contributed by atoms with Gasteiger partial charge >= 0.3 is 0 Å². The standard InChI is InChI=1S/C17H20N2O3/c1-22-14-10-12-18-15(16(14)20)17(21)19-11-6-5-9-13-7-3-2-4-8-13/h2-4,7-8,10,12,20H,5-6,9,11H2,1H3,(H,19,21). The van der Waals surface area contributed by atoms with Gasteiger partial charge in [-0.1, -0.05) is 30.3 Å². The molecule has 2 N–H and O–H groups in total. The maximum atomic E-state index is 12.0. The van der Waals surface area contributed by atoms with E-state index in [4.69, 9.17) is 4.74 Å². The third-order valence-corrected chi connectivity index (χ3v) is 3.34. The molecule has 1 amide bonds. The van der Waals surface area contributed by atoms with E-state index < -0.39 is 5.91 Å². The Morgan fingerprint density at radius 3 is 2.73 bits per heavy atom. The zero-order chi connectivity index (χ0) is 15.8. The number of aromatic hydroxyl groups is 1. The molecule has 0 aliphatic rings. The summed E-state index contributed by atoms with van der Waals surface area (Å²) < 4.78 is 4.96. The lowest BCUT2D eigenvalue weighted by Gasteiger charge is -2.08. The minimum Gasteiger partial charge on any atom is -0.503 e. The maximum Gasteiger partial charge on any atom is 0.273 e. The number of rotatable bonds is 7. The first-order valence-electron chi connectivity index (χ1n) is 7.26. The number of hydrogen-bond donors (Lipinski definition) is 2. The molecule has 5 nitrogen and oxygen atoms in total. The van der Waals surface area contributed by atoms with Crippen molar-refractivity contribution in [2.45, 2.75) is 19.3 Å². The number of aromatic nitrogens is 1. The number of nitrogens with zero attached hydrogens (tertiary/aromatic N) is 1. The summed E-state index contributed by atoms with van der Waals surface area (Å²) in [7, 11) is 1.43. The Labute approximate surface area is 130 Å². The molecule has 2 aromatic rings. The molecule has 0 bridgehead atoms. The van der Waals surface area contributed by atoms with Crippen LogP contribution in [0.5, 0.6) is 11.5 Å². The van der Waals surface area contributed by atoms with Crippen molar-refractivity contribution in [1.82, 2.24) is 10.3 Å². The number of aryl methyl sites for hydroxylation is 1. The van der Waals surface area contributed by atoms with Crippen LogP contribution >= 0.6 is 0 Å². The van der Waals surface area contributed by atoms with Crippen LogP contribution in [0.3, 0.4) is 0 Å². The minimum atomic E-state index is -0.392. The number of benzene rings is 1. The van der Waals surface area contributed by atoms with Crippen LogP contribution in [0.1, 0.15) is 28.9 Å². The summed E-state index contributed by atoms with van der Waals surface area (Å²) in [6.45, 7) is 0.546. The SMILES string of the molecule is COc1ccnc(C(=O)NCCCCc2ccccc2)c1O. The van der Waals surface area contributed by atoms with Crippen LogP contribution < -0.4 is 10.1 Å². The van der Waals surface area contributed by atoms with E-state index in [1.807, 2.05) is 18.2 Å². The third-order valence-electron chi connectivity index (χ3n) is 3.34. The smallest absolute Gasteiger partial charge is 0.273 e. The van der Waals surface area contributed by atoms with Gasteiger partial charge in [-0.25, -0.2) is 4.98 Å². The van der Waals surface area contributed by atoms with E-state index in [-0.39, 0.29) is 17.2 Å². The molecule has 1 heterocycles. The van der Waals surface area contributed by atoms with Gasteiger partial charge in [0, 0.05) is 18.8 Å². The highest BCUT2D eigenvalue weighted by Crippen LogP contribution is 2.27. The van der Waals surface area contributed by atoms with Crippen LogP contribution in [0.15, 0.2) is 42.6 Å². The number of hydrogen-bond acceptors (Lipinski definition) is 4. The molecule has 0 radical (unpaired) electrons. The molecule has 0 atom stereocenters. The number of ether oxygens (including phenoxy) is 1. The average molecular weight is 300 g/mol. The molecule has 0 saturated carbocycles. The fourth-order valence-corrected chi connectivity index (χ4v) is 2.15. The number of amides is 1. The summed E-state index contributed by atoms with van der Waals surface area (Å²) in [5.74, 6) is -0.382. The summed E-state index contributed by atoms with van der Waals surface area (Å²) >= 11 is 0. The predicted molar refractivity (Wildman–Crippen MR) is 84.2 cm³/mol. The van der Waals surface area contributed by atoms with Crippen LogP contribution in [0, 0.1) is 0 Å². The largest absolute Gasteiger partial charge is 0.503 e. The Kier molecular flexibility index (Phi) is 5.77. The molecule has 0 unspecified atom stereocenters. The molecule has 116 valence electrons. The summed E-state index contributed by atoms with van der Waals surface area (Å²) in [4.78, 5) is 15.9. The van der Waals surface area contributed by atoms with Gasteiger partial charge in [0.2, 0.25) is 0 Å². The van der Waals surface area contributed by atoms with Gasteiger partial charge < -0.3 is 15.2 Å². The van der Waals surface area contributed by atoms with Gasteiger partial charge in [0.05, 0.1) is 7.11 Å². The van der Waals surface area contributed by atoms with E-state index in [9.17, 15) is 9.90 Å². The van der Waals surface area contributed by atoms with Crippen LogP contribution in [-0.2, 0) is 6.42 Å². The Morgan fingerprint density at radius 1 is 1.23 bits per heavy atom. The molecule has 5 heteroatoms. The fourth-order valence-electron chi connectivity index (χ4n) is 2.15. The molecular weight excluding hydrogens is 280 g/mol. The van der Waals surface area contributed by atoms with Gasteiger partial charge in [0.1, 0.15) is 0 Å². The van der Waals surface area contributed by atoms with Crippen molar-refractivity contribution in [3.05, 3.63) is 53.9 Å². The molecule has 0 saturated heterocycles. The van der Waals surface area contributed by atoms with E-state index in [0.717, 1.165) is 19.3 Å². The highest BCUT2D eigenvalue weighted by Gasteiger charge is 2.15. The van der Waals surface area contributed by atoms with Crippen LogP contribution in [0.2, 0.25) is 0 Å². The maximum absolute atomic E-state index is 12.0. The molecule has 0 fully saturated rings. The number of carbonyl (C=O) groups excluding carboxylic acids is 1. The zero-order valence-corrected chi connectivity index (χ0v) is 12.6. The predicted octanol–water partition coefficient (Wildman–Crippen LogP) is 2.55. The van der Waals surface area contributed by atoms with E-state index in [2.05, 4.69) is 22.4 Å². The summed E-state index contributed by atoms with van der Waals surface area (Å²) in [5, 5.41) is 12.6. The van der Waals surface area contributed by atoms with Crippen molar-refractivity contribution < 1.29 is 14.6 Å². The first-order valence-corrected chi connectivity index (χ1v) is 7.26. The summed E-state index contributed by atoms with van der Waals surface area (Å²) in [5.41, 5.74) is 1.28.